The van der Waals surface area contributed by atoms with E-state index < -0.39 is 29.9 Å². The minimum atomic E-state index is -1.13. The summed E-state index contributed by atoms with van der Waals surface area (Å²) >= 11 is 0. The van der Waals surface area contributed by atoms with Crippen LogP contribution in [-0.4, -0.2) is 33.0 Å². The largest absolute Gasteiger partial charge is 0.481 e. The molecule has 16 heavy (non-hydrogen) atoms. The molecule has 8 heteroatoms. The van der Waals surface area contributed by atoms with Gasteiger partial charge in [0, 0.05) is 0 Å². The highest BCUT2D eigenvalue weighted by molar-refractivity contribution is 6.03. The number of fused-ring (bicyclic) bond motifs is 1. The smallest absolute Gasteiger partial charge is 0.305 e. The van der Waals surface area contributed by atoms with Gasteiger partial charge < -0.3 is 20.7 Å². The standard InChI is InChI=1S/C8H8N4O4/c13-4(14)1-3-7(15)12-6-5(11-3)8(16)10-2-9-6/h2-3,11H,1H2,(H,13,14)(H2,9,10,12,15,16). The highest BCUT2D eigenvalue weighted by atomic mass is 16.4. The number of hydrogen-bond donors (Lipinski definition) is 4. The van der Waals surface area contributed by atoms with E-state index in [0.29, 0.717) is 0 Å². The van der Waals surface area contributed by atoms with E-state index in [1.165, 1.54) is 0 Å². The van der Waals surface area contributed by atoms with Crippen LogP contribution in [0.2, 0.25) is 0 Å². The van der Waals surface area contributed by atoms with Crippen molar-refractivity contribution in [3.05, 3.63) is 16.7 Å². The van der Waals surface area contributed by atoms with Gasteiger partial charge >= 0.3 is 5.97 Å². The van der Waals surface area contributed by atoms with Gasteiger partial charge in [0.05, 0.1) is 12.7 Å². The highest BCUT2D eigenvalue weighted by Crippen LogP contribution is 2.19. The Morgan fingerprint density at radius 2 is 2.25 bits per heavy atom. The van der Waals surface area contributed by atoms with Gasteiger partial charge in [-0.3, -0.25) is 14.4 Å². The Morgan fingerprint density at radius 3 is 2.94 bits per heavy atom. The van der Waals surface area contributed by atoms with E-state index in [1.54, 1.807) is 0 Å². The van der Waals surface area contributed by atoms with E-state index in [9.17, 15) is 14.4 Å². The van der Waals surface area contributed by atoms with Crippen molar-refractivity contribution in [3.63, 3.8) is 0 Å². The third-order valence-corrected chi connectivity index (χ3v) is 2.11. The van der Waals surface area contributed by atoms with E-state index >= 15 is 0 Å². The number of anilines is 2. The summed E-state index contributed by atoms with van der Waals surface area (Å²) in [6, 6.07) is -0.963. The summed E-state index contributed by atoms with van der Waals surface area (Å²) in [5, 5.41) is 13.5. The van der Waals surface area contributed by atoms with Gasteiger partial charge in [-0.05, 0) is 0 Å². The van der Waals surface area contributed by atoms with Crippen molar-refractivity contribution in [3.8, 4) is 0 Å². The molecule has 1 aromatic rings. The van der Waals surface area contributed by atoms with Crippen molar-refractivity contribution in [2.45, 2.75) is 12.5 Å². The molecule has 8 nitrogen and oxygen atoms in total. The van der Waals surface area contributed by atoms with Crippen LogP contribution in [0.25, 0.3) is 0 Å². The Morgan fingerprint density at radius 1 is 1.50 bits per heavy atom. The summed E-state index contributed by atoms with van der Waals surface area (Å²) in [7, 11) is 0. The third-order valence-electron chi connectivity index (χ3n) is 2.11. The van der Waals surface area contributed by atoms with E-state index in [-0.39, 0.29) is 11.5 Å². The van der Waals surface area contributed by atoms with Crippen LogP contribution in [0.3, 0.4) is 0 Å². The zero-order chi connectivity index (χ0) is 11.7. The number of aromatic nitrogens is 2. The molecule has 0 saturated carbocycles. The van der Waals surface area contributed by atoms with E-state index in [1.807, 2.05) is 0 Å². The van der Waals surface area contributed by atoms with Gasteiger partial charge in [0.25, 0.3) is 5.56 Å². The Balaban J connectivity index is 2.33. The minimum Gasteiger partial charge on any atom is -0.481 e. The molecule has 4 N–H and O–H groups in total. The molecule has 0 aromatic carbocycles. The minimum absolute atomic E-state index is 0.0772. The van der Waals surface area contributed by atoms with Crippen LogP contribution in [0, 0.1) is 0 Å². The molecule has 84 valence electrons. The molecule has 2 heterocycles. The van der Waals surface area contributed by atoms with Crippen molar-refractivity contribution in [1.29, 1.82) is 0 Å². The van der Waals surface area contributed by atoms with Crippen molar-refractivity contribution < 1.29 is 14.7 Å². The lowest BCUT2D eigenvalue weighted by molar-refractivity contribution is -0.138. The van der Waals surface area contributed by atoms with Gasteiger partial charge in [-0.2, -0.15) is 0 Å². The van der Waals surface area contributed by atoms with Crippen LogP contribution in [0.15, 0.2) is 11.1 Å². The number of H-pyrrole nitrogens is 1. The number of carbonyl (C=O) groups excluding carboxylic acids is 1. The zero-order valence-corrected chi connectivity index (χ0v) is 7.98. The second kappa shape index (κ2) is 3.65. The second-order valence-corrected chi connectivity index (χ2v) is 3.24. The molecule has 1 amide bonds. The number of nitrogens with zero attached hydrogens (tertiary/aromatic N) is 1. The number of carboxylic acid groups (broad SMARTS) is 1. The fraction of sp³-hybridized carbons (Fsp3) is 0.250. The molecule has 1 aromatic heterocycles. The van der Waals surface area contributed by atoms with Gasteiger partial charge in [0.1, 0.15) is 11.7 Å². The van der Waals surface area contributed by atoms with Crippen molar-refractivity contribution in [2.24, 2.45) is 0 Å². The molecule has 2 rings (SSSR count). The topological polar surface area (TPSA) is 124 Å². The molecule has 0 aliphatic carbocycles. The van der Waals surface area contributed by atoms with Crippen molar-refractivity contribution in [1.82, 2.24) is 9.97 Å². The second-order valence-electron chi connectivity index (χ2n) is 3.24. The Bertz CT molecular complexity index is 509. The van der Waals surface area contributed by atoms with Crippen LogP contribution in [0.4, 0.5) is 11.5 Å². The summed E-state index contributed by atoms with van der Waals surface area (Å²) in [5.74, 6) is -1.54. The number of aromatic amines is 1. The SMILES string of the molecule is O=C(O)CC1Nc2c(nc[nH]c2=O)NC1=O. The molecule has 0 fully saturated rings. The Hall–Kier alpha value is -2.38. The quantitative estimate of drug-likeness (QED) is 0.509. The van der Waals surface area contributed by atoms with Crippen LogP contribution >= 0.6 is 0 Å². The van der Waals surface area contributed by atoms with Gasteiger partial charge in [0.2, 0.25) is 5.91 Å². The number of rotatable bonds is 2. The molecule has 0 radical (unpaired) electrons. The van der Waals surface area contributed by atoms with E-state index in [0.717, 1.165) is 6.33 Å². The molecule has 0 saturated heterocycles. The first-order valence-corrected chi connectivity index (χ1v) is 4.45. The molecular weight excluding hydrogens is 216 g/mol. The summed E-state index contributed by atoms with van der Waals surface area (Å²) in [5.41, 5.74) is -0.381. The fourth-order valence-corrected chi connectivity index (χ4v) is 1.39. The van der Waals surface area contributed by atoms with Gasteiger partial charge in [-0.15, -0.1) is 0 Å². The monoisotopic (exact) mass is 224 g/mol. The van der Waals surface area contributed by atoms with Crippen molar-refractivity contribution in [2.75, 3.05) is 10.6 Å². The molecular formula is C8H8N4O4. The first-order chi connectivity index (χ1) is 7.58. The predicted octanol–water partition coefficient (Wildman–Crippen LogP) is -1.02. The average molecular weight is 224 g/mol. The van der Waals surface area contributed by atoms with Crippen LogP contribution in [-0.2, 0) is 9.59 Å². The lowest BCUT2D eigenvalue weighted by Crippen LogP contribution is -2.42. The highest BCUT2D eigenvalue weighted by Gasteiger charge is 2.29. The van der Waals surface area contributed by atoms with Crippen LogP contribution in [0.5, 0.6) is 0 Å². The van der Waals surface area contributed by atoms with Gasteiger partial charge in [-0.1, -0.05) is 0 Å². The van der Waals surface area contributed by atoms with E-state index in [2.05, 4.69) is 20.6 Å². The summed E-state index contributed by atoms with van der Waals surface area (Å²) < 4.78 is 0. The number of carbonyl (C=O) groups is 2. The number of amides is 1. The lowest BCUT2D eigenvalue weighted by Gasteiger charge is -2.23. The number of nitrogens with one attached hydrogen (secondary N) is 3. The summed E-state index contributed by atoms with van der Waals surface area (Å²) in [4.78, 5) is 39.3. The number of hydrogen-bond acceptors (Lipinski definition) is 5. The van der Waals surface area contributed by atoms with Crippen LogP contribution < -0.4 is 16.2 Å². The zero-order valence-electron chi connectivity index (χ0n) is 7.98. The van der Waals surface area contributed by atoms with Gasteiger partial charge in [-0.25, -0.2) is 4.98 Å². The molecule has 1 aliphatic heterocycles. The maximum atomic E-state index is 11.4. The first kappa shape index (κ1) is 10.1. The number of carboxylic acids is 1. The molecule has 1 unspecified atom stereocenters. The predicted molar refractivity (Wildman–Crippen MR) is 53.2 cm³/mol. The molecule has 0 spiro atoms. The number of aliphatic carboxylic acids is 1. The third kappa shape index (κ3) is 1.72. The summed E-state index contributed by atoms with van der Waals surface area (Å²) in [6.45, 7) is 0. The molecule has 0 bridgehead atoms. The Labute approximate surface area is 88.7 Å². The maximum Gasteiger partial charge on any atom is 0.305 e. The summed E-state index contributed by atoms with van der Waals surface area (Å²) in [6.07, 6.45) is 0.750. The Kier molecular flexibility index (Phi) is 2.31. The van der Waals surface area contributed by atoms with E-state index in [4.69, 9.17) is 5.11 Å². The fourth-order valence-electron chi connectivity index (χ4n) is 1.39. The normalized spacial score (nSPS) is 18.2. The average Bonchev–Trinajstić information content (AvgIpc) is 2.20. The van der Waals surface area contributed by atoms with Crippen LogP contribution in [0.1, 0.15) is 6.42 Å². The lowest BCUT2D eigenvalue weighted by atomic mass is 10.1. The van der Waals surface area contributed by atoms with Gasteiger partial charge in [0.15, 0.2) is 5.82 Å². The molecule has 1 aliphatic rings. The molecule has 1 atom stereocenters. The first-order valence-electron chi connectivity index (χ1n) is 4.45. The maximum absolute atomic E-state index is 11.4. The van der Waals surface area contributed by atoms with Crippen molar-refractivity contribution >= 4 is 23.4 Å².